The molecule has 2 aliphatic rings. The first-order valence-corrected chi connectivity index (χ1v) is 7.06. The van der Waals surface area contributed by atoms with Crippen LogP contribution < -0.4 is 5.73 Å². The van der Waals surface area contributed by atoms with Gasteiger partial charge in [-0.15, -0.1) is 0 Å². The molecule has 2 amide bonds. The summed E-state index contributed by atoms with van der Waals surface area (Å²) in [6.07, 6.45) is 5.17. The average Bonchev–Trinajstić information content (AvgIpc) is 2.43. The Balaban J connectivity index is 1.80. The van der Waals surface area contributed by atoms with Crippen molar-refractivity contribution in [2.75, 3.05) is 26.2 Å². The number of rotatable bonds is 3. The van der Waals surface area contributed by atoms with Gasteiger partial charge in [-0.05, 0) is 25.7 Å². The van der Waals surface area contributed by atoms with Gasteiger partial charge >= 0.3 is 0 Å². The van der Waals surface area contributed by atoms with Crippen molar-refractivity contribution in [2.45, 2.75) is 38.5 Å². The molecule has 0 aromatic heterocycles. The Labute approximate surface area is 113 Å². The fraction of sp³-hybridized carbons (Fsp3) is 0.769. The Bertz CT molecular complexity index is 359. The maximum atomic E-state index is 11.6. The summed E-state index contributed by atoms with van der Waals surface area (Å²) in [5.74, 6) is 0.377. The molecular weight excluding hydrogens is 244 g/mol. The third-order valence-corrected chi connectivity index (χ3v) is 3.66. The second-order valence-corrected chi connectivity index (χ2v) is 5.08. The van der Waals surface area contributed by atoms with Gasteiger partial charge in [-0.2, -0.15) is 0 Å². The van der Waals surface area contributed by atoms with Crippen LogP contribution in [0.3, 0.4) is 0 Å². The highest BCUT2D eigenvalue weighted by Crippen LogP contribution is 2.12. The van der Waals surface area contributed by atoms with E-state index in [1.807, 2.05) is 0 Å². The van der Waals surface area contributed by atoms with Gasteiger partial charge in [0, 0.05) is 32.5 Å². The maximum absolute atomic E-state index is 11.6. The molecule has 0 aromatic carbocycles. The van der Waals surface area contributed by atoms with E-state index in [9.17, 15) is 9.59 Å². The van der Waals surface area contributed by atoms with Crippen molar-refractivity contribution in [1.82, 2.24) is 9.80 Å². The number of nitrogens with zero attached hydrogens (tertiary/aromatic N) is 3. The van der Waals surface area contributed by atoms with Gasteiger partial charge in [0.25, 0.3) is 0 Å². The van der Waals surface area contributed by atoms with Crippen molar-refractivity contribution in [3.63, 3.8) is 0 Å². The smallest absolute Gasteiger partial charge is 0.229 e. The van der Waals surface area contributed by atoms with E-state index in [-0.39, 0.29) is 11.8 Å². The Hall–Kier alpha value is -1.59. The van der Waals surface area contributed by atoms with Crippen molar-refractivity contribution in [3.8, 4) is 0 Å². The first-order valence-electron chi connectivity index (χ1n) is 7.06. The summed E-state index contributed by atoms with van der Waals surface area (Å²) in [5.41, 5.74) is 5.92. The molecule has 2 rings (SSSR count). The van der Waals surface area contributed by atoms with Crippen LogP contribution in [-0.2, 0) is 9.59 Å². The molecule has 0 aromatic rings. The fourth-order valence-electron chi connectivity index (χ4n) is 2.54. The minimum absolute atomic E-state index is 0.0806. The lowest BCUT2D eigenvalue weighted by molar-refractivity contribution is -0.147. The molecule has 6 nitrogen and oxygen atoms in total. The van der Waals surface area contributed by atoms with E-state index in [1.165, 1.54) is 11.3 Å². The molecule has 2 N–H and O–H groups in total. The zero-order valence-electron chi connectivity index (χ0n) is 11.3. The van der Waals surface area contributed by atoms with E-state index >= 15 is 0 Å². The molecule has 6 heteroatoms. The lowest BCUT2D eigenvalue weighted by Crippen LogP contribution is -2.43. The number of imide groups is 1. The average molecular weight is 266 g/mol. The van der Waals surface area contributed by atoms with Crippen molar-refractivity contribution < 1.29 is 9.59 Å². The Morgan fingerprint density at radius 1 is 1.05 bits per heavy atom. The van der Waals surface area contributed by atoms with E-state index < -0.39 is 0 Å². The summed E-state index contributed by atoms with van der Waals surface area (Å²) in [5, 5.41) is 0. The highest BCUT2D eigenvalue weighted by molar-refractivity contribution is 5.97. The summed E-state index contributed by atoms with van der Waals surface area (Å²) in [7, 11) is 0. The van der Waals surface area contributed by atoms with Crippen LogP contribution in [0, 0.1) is 0 Å². The topological polar surface area (TPSA) is 79.0 Å². The van der Waals surface area contributed by atoms with Crippen LogP contribution in [0.5, 0.6) is 0 Å². The Kier molecular flexibility index (Phi) is 4.76. The van der Waals surface area contributed by atoms with Crippen molar-refractivity contribution in [3.05, 3.63) is 0 Å². The van der Waals surface area contributed by atoms with Gasteiger partial charge in [0.05, 0.1) is 6.54 Å². The highest BCUT2D eigenvalue weighted by Gasteiger charge is 2.25. The number of amides is 2. The number of nitrogens with two attached hydrogens (primary N) is 1. The molecule has 2 fully saturated rings. The van der Waals surface area contributed by atoms with Crippen LogP contribution in [0.4, 0.5) is 0 Å². The number of hydrogen-bond acceptors (Lipinski definition) is 3. The van der Waals surface area contributed by atoms with E-state index in [2.05, 4.69) is 9.89 Å². The van der Waals surface area contributed by atoms with Crippen LogP contribution in [-0.4, -0.2) is 53.8 Å². The van der Waals surface area contributed by atoms with Crippen LogP contribution in [0.25, 0.3) is 0 Å². The third kappa shape index (κ3) is 3.68. The summed E-state index contributed by atoms with van der Waals surface area (Å²) in [4.78, 5) is 30.9. The molecule has 106 valence electrons. The highest BCUT2D eigenvalue weighted by atomic mass is 16.2. The normalized spacial score (nSPS) is 22.0. The Morgan fingerprint density at radius 3 is 2.32 bits per heavy atom. The number of guanidine groups is 1. The first-order chi connectivity index (χ1) is 9.18. The zero-order chi connectivity index (χ0) is 13.7. The molecular formula is C13H22N4O2. The molecule has 2 heterocycles. The standard InChI is InChI=1S/C13H22N4O2/c14-13(16-8-2-1-3-9-16)15-7-10-17-11(18)5-4-6-12(17)19/h1-10H2,(H2,14,15). The first kappa shape index (κ1) is 13.8. The number of carbonyl (C=O) groups excluding carboxylic acids is 2. The molecule has 0 atom stereocenters. The molecule has 0 bridgehead atoms. The predicted molar refractivity (Wildman–Crippen MR) is 72.5 cm³/mol. The van der Waals surface area contributed by atoms with Crippen LogP contribution in [0.2, 0.25) is 0 Å². The molecule has 0 saturated carbocycles. The van der Waals surface area contributed by atoms with E-state index in [1.54, 1.807) is 0 Å². The molecule has 0 unspecified atom stereocenters. The molecule has 0 spiro atoms. The summed E-state index contributed by atoms with van der Waals surface area (Å²) >= 11 is 0. The molecule has 2 aliphatic heterocycles. The van der Waals surface area contributed by atoms with E-state index in [0.717, 1.165) is 25.9 Å². The van der Waals surface area contributed by atoms with E-state index in [0.29, 0.717) is 38.3 Å². The minimum atomic E-state index is -0.0806. The summed E-state index contributed by atoms with van der Waals surface area (Å²) < 4.78 is 0. The zero-order valence-corrected chi connectivity index (χ0v) is 11.3. The van der Waals surface area contributed by atoms with Gasteiger partial charge < -0.3 is 10.6 Å². The quantitative estimate of drug-likeness (QED) is 0.453. The number of aliphatic imine (C=N–C) groups is 1. The number of hydrogen-bond donors (Lipinski definition) is 1. The lowest BCUT2D eigenvalue weighted by atomic mass is 10.1. The monoisotopic (exact) mass is 266 g/mol. The maximum Gasteiger partial charge on any atom is 0.229 e. The summed E-state index contributed by atoms with van der Waals surface area (Å²) in [6, 6.07) is 0. The largest absolute Gasteiger partial charge is 0.370 e. The van der Waals surface area contributed by atoms with Gasteiger partial charge in [-0.1, -0.05) is 0 Å². The summed E-state index contributed by atoms with van der Waals surface area (Å²) in [6.45, 7) is 2.67. The van der Waals surface area contributed by atoms with Gasteiger partial charge in [-0.3, -0.25) is 19.5 Å². The van der Waals surface area contributed by atoms with Crippen LogP contribution in [0.15, 0.2) is 4.99 Å². The molecule has 2 saturated heterocycles. The predicted octanol–water partition coefficient (Wildman–Crippen LogP) is 0.326. The van der Waals surface area contributed by atoms with Gasteiger partial charge in [0.1, 0.15) is 0 Å². The second kappa shape index (κ2) is 6.54. The molecule has 19 heavy (non-hydrogen) atoms. The third-order valence-electron chi connectivity index (χ3n) is 3.66. The van der Waals surface area contributed by atoms with Crippen molar-refractivity contribution >= 4 is 17.8 Å². The minimum Gasteiger partial charge on any atom is -0.370 e. The van der Waals surface area contributed by atoms with Gasteiger partial charge in [0.2, 0.25) is 11.8 Å². The van der Waals surface area contributed by atoms with Gasteiger partial charge in [0.15, 0.2) is 5.96 Å². The molecule has 0 radical (unpaired) electrons. The van der Waals surface area contributed by atoms with Crippen molar-refractivity contribution in [2.24, 2.45) is 10.7 Å². The van der Waals surface area contributed by atoms with Gasteiger partial charge in [-0.25, -0.2) is 0 Å². The van der Waals surface area contributed by atoms with Crippen LogP contribution >= 0.6 is 0 Å². The lowest BCUT2D eigenvalue weighted by Gasteiger charge is -2.28. The molecule has 0 aliphatic carbocycles. The Morgan fingerprint density at radius 2 is 1.68 bits per heavy atom. The van der Waals surface area contributed by atoms with Crippen LogP contribution in [0.1, 0.15) is 38.5 Å². The number of carbonyl (C=O) groups is 2. The second-order valence-electron chi connectivity index (χ2n) is 5.08. The number of piperidine rings is 2. The number of likely N-dealkylation sites (tertiary alicyclic amines) is 2. The van der Waals surface area contributed by atoms with E-state index in [4.69, 9.17) is 5.73 Å². The fourth-order valence-corrected chi connectivity index (χ4v) is 2.54. The van der Waals surface area contributed by atoms with Crippen molar-refractivity contribution in [1.29, 1.82) is 0 Å². The SMILES string of the molecule is NC(=NCCN1C(=O)CCCC1=O)N1CCCCC1.